The van der Waals surface area contributed by atoms with Crippen molar-refractivity contribution in [1.82, 2.24) is 10.2 Å². The molecule has 0 spiro atoms. The Balaban J connectivity index is 1.42. The number of nitrogens with zero attached hydrogens (tertiary/aromatic N) is 1. The Morgan fingerprint density at radius 3 is 2.47 bits per heavy atom. The molecule has 1 saturated heterocycles. The Bertz CT molecular complexity index is 858. The average molecular weight is 463 g/mol. The molecular formula is C25H35ClN2O4. The molecule has 2 aliphatic carbocycles. The van der Waals surface area contributed by atoms with E-state index in [1.807, 2.05) is 30.9 Å². The molecule has 2 amide bonds. The van der Waals surface area contributed by atoms with Crippen molar-refractivity contribution in [3.05, 3.63) is 34.9 Å². The summed E-state index contributed by atoms with van der Waals surface area (Å²) in [6.07, 6.45) is 4.46. The molecular weight excluding hydrogens is 428 g/mol. The molecule has 0 bridgehead atoms. The van der Waals surface area contributed by atoms with E-state index in [1.165, 1.54) is 0 Å². The molecule has 3 N–H and O–H groups in total. The van der Waals surface area contributed by atoms with Crippen molar-refractivity contribution >= 4 is 23.4 Å². The molecule has 6 nitrogen and oxygen atoms in total. The number of aliphatic hydroxyl groups excluding tert-OH is 1. The van der Waals surface area contributed by atoms with E-state index in [9.17, 15) is 19.8 Å². The number of halogens is 1. The Morgan fingerprint density at radius 1 is 1.12 bits per heavy atom. The normalized spacial score (nSPS) is 34.5. The fourth-order valence-corrected chi connectivity index (χ4v) is 6.06. The predicted molar refractivity (Wildman–Crippen MR) is 123 cm³/mol. The van der Waals surface area contributed by atoms with E-state index in [2.05, 4.69) is 5.32 Å². The standard InChI is InChI=1S/C25H35ClN2O4/c1-24(2)15-28(13-12-25(24,32)17-7-9-18(26)10-8-17)23(31)20-4-3-5-21(20)27-22(30)16-6-11-19(29)14-16/h7-10,16,19-21,29,32H,3-6,11-15H2,1-2H3,(H,27,30)/t16-,19-,20-,21+,25-/m0/s1. The van der Waals surface area contributed by atoms with Crippen LogP contribution in [-0.4, -0.2) is 52.2 Å². The third-order valence-corrected chi connectivity index (χ3v) is 8.27. The molecule has 1 aromatic carbocycles. The lowest BCUT2D eigenvalue weighted by Gasteiger charge is -2.51. The molecule has 1 aromatic rings. The van der Waals surface area contributed by atoms with Gasteiger partial charge in [-0.3, -0.25) is 9.59 Å². The van der Waals surface area contributed by atoms with Crippen LogP contribution in [0.4, 0.5) is 0 Å². The second-order valence-electron chi connectivity index (χ2n) is 10.6. The number of aliphatic hydroxyl groups is 2. The van der Waals surface area contributed by atoms with E-state index in [0.717, 1.165) is 24.8 Å². The Labute approximate surface area is 195 Å². The summed E-state index contributed by atoms with van der Waals surface area (Å²) < 4.78 is 0. The predicted octanol–water partition coefficient (Wildman–Crippen LogP) is 3.23. The summed E-state index contributed by atoms with van der Waals surface area (Å²) >= 11 is 6.03. The minimum atomic E-state index is -1.04. The van der Waals surface area contributed by atoms with Crippen LogP contribution in [0.5, 0.6) is 0 Å². The number of rotatable bonds is 4. The van der Waals surface area contributed by atoms with Crippen LogP contribution in [0.1, 0.15) is 64.4 Å². The van der Waals surface area contributed by atoms with Gasteiger partial charge < -0.3 is 20.4 Å². The molecule has 3 fully saturated rings. The number of hydrogen-bond acceptors (Lipinski definition) is 4. The van der Waals surface area contributed by atoms with Gasteiger partial charge in [-0.15, -0.1) is 0 Å². The average Bonchev–Trinajstić information content (AvgIpc) is 3.39. The van der Waals surface area contributed by atoms with Crippen molar-refractivity contribution in [2.75, 3.05) is 13.1 Å². The second kappa shape index (κ2) is 8.96. The number of piperidine rings is 1. The summed E-state index contributed by atoms with van der Waals surface area (Å²) in [6, 6.07) is 7.16. The molecule has 0 radical (unpaired) electrons. The van der Waals surface area contributed by atoms with Crippen LogP contribution in [-0.2, 0) is 15.2 Å². The van der Waals surface area contributed by atoms with Gasteiger partial charge in [0.25, 0.3) is 0 Å². The van der Waals surface area contributed by atoms with Crippen LogP contribution in [0, 0.1) is 17.3 Å². The largest absolute Gasteiger partial charge is 0.393 e. The van der Waals surface area contributed by atoms with Crippen molar-refractivity contribution in [2.45, 2.75) is 76.5 Å². The molecule has 1 heterocycles. The zero-order valence-corrected chi connectivity index (χ0v) is 19.8. The number of likely N-dealkylation sites (tertiary alicyclic amines) is 1. The van der Waals surface area contributed by atoms with Crippen molar-refractivity contribution < 1.29 is 19.8 Å². The first-order valence-electron chi connectivity index (χ1n) is 11.9. The molecule has 32 heavy (non-hydrogen) atoms. The summed E-state index contributed by atoms with van der Waals surface area (Å²) in [5.74, 6) is -0.319. The van der Waals surface area contributed by atoms with Gasteiger partial charge in [0.1, 0.15) is 0 Å². The van der Waals surface area contributed by atoms with Crippen molar-refractivity contribution in [2.24, 2.45) is 17.3 Å². The summed E-state index contributed by atoms with van der Waals surface area (Å²) in [5, 5.41) is 25.1. The highest BCUT2D eigenvalue weighted by atomic mass is 35.5. The number of carbonyl (C=O) groups is 2. The molecule has 4 rings (SSSR count). The molecule has 3 aliphatic rings. The quantitative estimate of drug-likeness (QED) is 0.640. The first-order chi connectivity index (χ1) is 15.1. The minimum Gasteiger partial charge on any atom is -0.393 e. The molecule has 7 heteroatoms. The van der Waals surface area contributed by atoms with Gasteiger partial charge >= 0.3 is 0 Å². The first-order valence-corrected chi connectivity index (χ1v) is 12.2. The Kier molecular flexibility index (Phi) is 6.59. The van der Waals surface area contributed by atoms with Crippen LogP contribution < -0.4 is 5.32 Å². The van der Waals surface area contributed by atoms with Crippen molar-refractivity contribution in [3.8, 4) is 0 Å². The summed E-state index contributed by atoms with van der Waals surface area (Å²) in [6.45, 7) is 4.94. The van der Waals surface area contributed by atoms with Crippen LogP contribution in [0.25, 0.3) is 0 Å². The maximum absolute atomic E-state index is 13.5. The highest BCUT2D eigenvalue weighted by Crippen LogP contribution is 2.46. The summed E-state index contributed by atoms with van der Waals surface area (Å²) in [7, 11) is 0. The maximum atomic E-state index is 13.5. The number of carbonyl (C=O) groups excluding carboxylic acids is 2. The smallest absolute Gasteiger partial charge is 0.227 e. The van der Waals surface area contributed by atoms with Crippen LogP contribution in [0.3, 0.4) is 0 Å². The minimum absolute atomic E-state index is 0.0256. The van der Waals surface area contributed by atoms with Crippen molar-refractivity contribution in [1.29, 1.82) is 0 Å². The monoisotopic (exact) mass is 462 g/mol. The highest BCUT2D eigenvalue weighted by molar-refractivity contribution is 6.30. The molecule has 176 valence electrons. The fourth-order valence-electron chi connectivity index (χ4n) is 5.93. The lowest BCUT2D eigenvalue weighted by molar-refractivity contribution is -0.157. The van der Waals surface area contributed by atoms with Crippen LogP contribution >= 0.6 is 11.6 Å². The Hall–Kier alpha value is -1.63. The van der Waals surface area contributed by atoms with Gasteiger partial charge in [-0.1, -0.05) is 44.0 Å². The third kappa shape index (κ3) is 4.42. The zero-order valence-electron chi connectivity index (χ0n) is 19.0. The van der Waals surface area contributed by atoms with Gasteiger partial charge in [-0.2, -0.15) is 0 Å². The van der Waals surface area contributed by atoms with E-state index < -0.39 is 11.0 Å². The number of hydrogen-bond donors (Lipinski definition) is 3. The van der Waals surface area contributed by atoms with E-state index >= 15 is 0 Å². The van der Waals surface area contributed by atoms with Gasteiger partial charge in [-0.05, 0) is 56.2 Å². The topological polar surface area (TPSA) is 89.9 Å². The van der Waals surface area contributed by atoms with E-state index in [-0.39, 0.29) is 35.8 Å². The molecule has 1 aliphatic heterocycles. The van der Waals surface area contributed by atoms with E-state index in [1.54, 1.807) is 12.1 Å². The molecule has 5 atom stereocenters. The highest BCUT2D eigenvalue weighted by Gasteiger charge is 2.51. The number of amides is 2. The number of nitrogens with one attached hydrogen (secondary N) is 1. The Morgan fingerprint density at radius 2 is 1.84 bits per heavy atom. The summed E-state index contributed by atoms with van der Waals surface area (Å²) in [5.41, 5.74) is -0.753. The van der Waals surface area contributed by atoms with Gasteiger partial charge in [-0.25, -0.2) is 0 Å². The van der Waals surface area contributed by atoms with Gasteiger partial charge in [0.2, 0.25) is 11.8 Å². The summed E-state index contributed by atoms with van der Waals surface area (Å²) in [4.78, 5) is 28.0. The van der Waals surface area contributed by atoms with Gasteiger partial charge in [0.05, 0.1) is 17.6 Å². The van der Waals surface area contributed by atoms with E-state index in [4.69, 9.17) is 11.6 Å². The van der Waals surface area contributed by atoms with Crippen LogP contribution in [0.15, 0.2) is 24.3 Å². The number of benzene rings is 1. The van der Waals surface area contributed by atoms with Crippen LogP contribution in [0.2, 0.25) is 5.02 Å². The van der Waals surface area contributed by atoms with E-state index in [0.29, 0.717) is 43.8 Å². The molecule has 2 saturated carbocycles. The molecule has 0 unspecified atom stereocenters. The maximum Gasteiger partial charge on any atom is 0.227 e. The third-order valence-electron chi connectivity index (χ3n) is 8.02. The molecule has 0 aromatic heterocycles. The lowest BCUT2D eigenvalue weighted by Crippen LogP contribution is -2.58. The van der Waals surface area contributed by atoms with Gasteiger partial charge in [0, 0.05) is 35.5 Å². The SMILES string of the molecule is CC1(C)CN(C(=O)[C@H]2CCC[C@H]2NC(=O)[C@H]2CC[C@H](O)C2)CC[C@]1(O)c1ccc(Cl)cc1. The lowest BCUT2D eigenvalue weighted by atomic mass is 9.66. The second-order valence-corrected chi connectivity index (χ2v) is 11.0. The van der Waals surface area contributed by atoms with Crippen molar-refractivity contribution in [3.63, 3.8) is 0 Å². The first kappa shape index (κ1) is 23.5. The van der Waals surface area contributed by atoms with Gasteiger partial charge in [0.15, 0.2) is 0 Å². The zero-order chi connectivity index (χ0) is 23.1. The fraction of sp³-hybridized carbons (Fsp3) is 0.680.